The maximum absolute atomic E-state index is 12.9. The summed E-state index contributed by atoms with van der Waals surface area (Å²) in [6, 6.07) is 6.82. The first-order valence-corrected chi connectivity index (χ1v) is 12.4. The smallest absolute Gasteiger partial charge is 0.306 e. The molecule has 0 bridgehead atoms. The number of ether oxygens (including phenoxy) is 3. The molecule has 2 aromatic heterocycles. The highest BCUT2D eigenvalue weighted by molar-refractivity contribution is 6.33. The third kappa shape index (κ3) is 8.04. The number of pyridine rings is 2. The van der Waals surface area contributed by atoms with E-state index in [4.69, 9.17) is 31.5 Å². The number of nitrogens with two attached hydrogens (primary N) is 1. The molecule has 0 aliphatic carbocycles. The molecule has 36 heavy (non-hydrogen) atoms. The molecule has 3 heterocycles. The van der Waals surface area contributed by atoms with Crippen molar-refractivity contribution in [2.45, 2.75) is 50.9 Å². The summed E-state index contributed by atoms with van der Waals surface area (Å²) in [5.41, 5.74) is 6.68. The van der Waals surface area contributed by atoms with Crippen molar-refractivity contribution in [3.05, 3.63) is 46.7 Å². The second-order valence-electron chi connectivity index (χ2n) is 8.65. The Hall–Kier alpha value is -2.95. The number of piperidine rings is 1. The summed E-state index contributed by atoms with van der Waals surface area (Å²) >= 11 is 6.05. The molecule has 1 saturated heterocycles. The van der Waals surface area contributed by atoms with E-state index in [2.05, 4.69) is 20.2 Å². The largest absolute Gasteiger partial charge is 0.480 e. The number of nitrogens with zero attached hydrogens (tertiary/aromatic N) is 3. The van der Waals surface area contributed by atoms with Crippen molar-refractivity contribution < 1.29 is 23.8 Å². The number of amides is 1. The highest BCUT2D eigenvalue weighted by Crippen LogP contribution is 2.25. The van der Waals surface area contributed by atoms with Gasteiger partial charge >= 0.3 is 5.97 Å². The quantitative estimate of drug-likeness (QED) is 0.321. The van der Waals surface area contributed by atoms with Gasteiger partial charge in [0.15, 0.2) is 0 Å². The zero-order chi connectivity index (χ0) is 25.9. The SMILES string of the molecule is COc1nc(N)c(Cl)cc1C(=O)N[C@@H]1CCN(CCCCCC(=O)OCc2ccccn2)C[C@@H]1OC. The van der Waals surface area contributed by atoms with Gasteiger partial charge in [0.2, 0.25) is 5.88 Å². The monoisotopic (exact) mass is 519 g/mol. The summed E-state index contributed by atoms with van der Waals surface area (Å²) < 4.78 is 16.1. The fourth-order valence-corrected chi connectivity index (χ4v) is 4.28. The Morgan fingerprint density at radius 2 is 2.08 bits per heavy atom. The lowest BCUT2D eigenvalue weighted by atomic mass is 10.0. The molecule has 11 heteroatoms. The van der Waals surface area contributed by atoms with E-state index in [9.17, 15) is 9.59 Å². The number of aromatic nitrogens is 2. The Kier molecular flexibility index (Phi) is 10.7. The lowest BCUT2D eigenvalue weighted by molar-refractivity contribution is -0.145. The number of hydrogen-bond donors (Lipinski definition) is 2. The van der Waals surface area contributed by atoms with Gasteiger partial charge in [0.1, 0.15) is 18.0 Å². The third-order valence-corrected chi connectivity index (χ3v) is 6.43. The van der Waals surface area contributed by atoms with Gasteiger partial charge in [-0.1, -0.05) is 24.1 Å². The van der Waals surface area contributed by atoms with Crippen LogP contribution in [0.2, 0.25) is 5.02 Å². The van der Waals surface area contributed by atoms with E-state index in [0.29, 0.717) is 13.0 Å². The predicted molar refractivity (Wildman–Crippen MR) is 136 cm³/mol. The Labute approximate surface area is 216 Å². The minimum atomic E-state index is -0.336. The summed E-state index contributed by atoms with van der Waals surface area (Å²) in [6.07, 6.45) is 5.33. The number of unbranched alkanes of at least 4 members (excludes halogenated alkanes) is 2. The molecular formula is C25H34ClN5O5. The summed E-state index contributed by atoms with van der Waals surface area (Å²) in [7, 11) is 3.07. The van der Waals surface area contributed by atoms with E-state index in [0.717, 1.165) is 44.5 Å². The Balaban J connectivity index is 1.37. The lowest BCUT2D eigenvalue weighted by Gasteiger charge is -2.38. The van der Waals surface area contributed by atoms with Crippen molar-refractivity contribution in [1.29, 1.82) is 0 Å². The molecule has 3 N–H and O–H groups in total. The molecule has 1 aliphatic rings. The van der Waals surface area contributed by atoms with Gasteiger partial charge in [-0.3, -0.25) is 14.6 Å². The Bertz CT molecular complexity index is 1010. The van der Waals surface area contributed by atoms with Crippen LogP contribution in [0.25, 0.3) is 0 Å². The molecule has 1 aliphatic heterocycles. The minimum absolute atomic E-state index is 0.106. The number of carbonyl (C=O) groups is 2. The van der Waals surface area contributed by atoms with Gasteiger partial charge < -0.3 is 30.2 Å². The van der Waals surface area contributed by atoms with Crippen LogP contribution in [0.3, 0.4) is 0 Å². The van der Waals surface area contributed by atoms with Gasteiger partial charge in [-0.05, 0) is 44.0 Å². The van der Waals surface area contributed by atoms with Gasteiger partial charge in [-0.25, -0.2) is 0 Å². The first kappa shape index (κ1) is 27.6. The number of anilines is 1. The van der Waals surface area contributed by atoms with Gasteiger partial charge in [-0.15, -0.1) is 0 Å². The van der Waals surface area contributed by atoms with Crippen LogP contribution in [0.1, 0.15) is 48.2 Å². The van der Waals surface area contributed by atoms with Crippen LogP contribution in [0.5, 0.6) is 5.88 Å². The average molecular weight is 520 g/mol. The van der Waals surface area contributed by atoms with Gasteiger partial charge in [0.05, 0.1) is 30.0 Å². The molecule has 0 saturated carbocycles. The molecule has 0 radical (unpaired) electrons. The second-order valence-corrected chi connectivity index (χ2v) is 9.06. The van der Waals surface area contributed by atoms with Crippen LogP contribution < -0.4 is 15.8 Å². The molecule has 0 spiro atoms. The van der Waals surface area contributed by atoms with Crippen LogP contribution >= 0.6 is 11.6 Å². The van der Waals surface area contributed by atoms with Crippen LogP contribution in [0.15, 0.2) is 30.5 Å². The van der Waals surface area contributed by atoms with Crippen molar-refractivity contribution in [3.8, 4) is 5.88 Å². The third-order valence-electron chi connectivity index (χ3n) is 6.13. The molecule has 1 amide bonds. The van der Waals surface area contributed by atoms with Gasteiger partial charge in [0.25, 0.3) is 5.91 Å². The van der Waals surface area contributed by atoms with Crippen LogP contribution in [-0.2, 0) is 20.9 Å². The molecule has 0 unspecified atom stereocenters. The first-order chi connectivity index (χ1) is 17.4. The van der Waals surface area contributed by atoms with E-state index in [1.54, 1.807) is 13.3 Å². The van der Waals surface area contributed by atoms with E-state index in [1.807, 2.05) is 18.2 Å². The Morgan fingerprint density at radius 3 is 2.81 bits per heavy atom. The van der Waals surface area contributed by atoms with Crippen molar-refractivity contribution in [2.24, 2.45) is 0 Å². The number of rotatable bonds is 12. The summed E-state index contributed by atoms with van der Waals surface area (Å²) in [5.74, 6) is -0.307. The van der Waals surface area contributed by atoms with E-state index >= 15 is 0 Å². The highest BCUT2D eigenvalue weighted by atomic mass is 35.5. The predicted octanol–water partition coefficient (Wildman–Crippen LogP) is 2.84. The zero-order valence-electron chi connectivity index (χ0n) is 20.7. The van der Waals surface area contributed by atoms with Crippen LogP contribution in [0.4, 0.5) is 5.82 Å². The summed E-state index contributed by atoms with van der Waals surface area (Å²) in [5, 5.41) is 3.22. The number of carbonyl (C=O) groups excluding carboxylic acids is 2. The molecule has 2 atom stereocenters. The minimum Gasteiger partial charge on any atom is -0.480 e. The maximum Gasteiger partial charge on any atom is 0.306 e. The summed E-state index contributed by atoms with van der Waals surface area (Å²) in [6.45, 7) is 2.63. The number of halogens is 1. The fraction of sp³-hybridized carbons (Fsp3) is 0.520. The van der Waals surface area contributed by atoms with E-state index < -0.39 is 0 Å². The van der Waals surface area contributed by atoms with E-state index in [1.165, 1.54) is 13.2 Å². The number of methoxy groups -OCH3 is 2. The standard InChI is InChI=1S/C25H34ClN5O5/c1-34-21-15-31(12-7-3-4-9-22(32)36-16-17-8-5-6-11-28-17)13-10-20(21)29-24(33)18-14-19(26)23(27)30-25(18)35-2/h5-6,8,11,14,20-21H,3-4,7,9-10,12-13,15-16H2,1-2H3,(H2,27,30)(H,29,33)/t20-,21+/m1/s1. The number of esters is 1. The van der Waals surface area contributed by atoms with Crippen LogP contribution in [-0.4, -0.2) is 72.7 Å². The highest BCUT2D eigenvalue weighted by Gasteiger charge is 2.31. The zero-order valence-corrected chi connectivity index (χ0v) is 21.5. The molecule has 10 nitrogen and oxygen atoms in total. The summed E-state index contributed by atoms with van der Waals surface area (Å²) in [4.78, 5) is 35.3. The molecule has 2 aromatic rings. The fourth-order valence-electron chi connectivity index (χ4n) is 4.13. The van der Waals surface area contributed by atoms with Crippen molar-refractivity contribution in [3.63, 3.8) is 0 Å². The van der Waals surface area contributed by atoms with Gasteiger partial charge in [0, 0.05) is 32.8 Å². The first-order valence-electron chi connectivity index (χ1n) is 12.0. The second kappa shape index (κ2) is 14.0. The topological polar surface area (TPSA) is 129 Å². The molecule has 196 valence electrons. The maximum atomic E-state index is 12.9. The number of nitrogen functional groups attached to an aromatic ring is 1. The van der Waals surface area contributed by atoms with Gasteiger partial charge in [-0.2, -0.15) is 4.98 Å². The number of hydrogen-bond acceptors (Lipinski definition) is 9. The molecule has 1 fully saturated rings. The van der Waals surface area contributed by atoms with Crippen molar-refractivity contribution >= 4 is 29.3 Å². The molecular weight excluding hydrogens is 486 g/mol. The number of likely N-dealkylation sites (tertiary alicyclic amines) is 1. The van der Waals surface area contributed by atoms with Crippen LogP contribution in [0, 0.1) is 0 Å². The lowest BCUT2D eigenvalue weighted by Crippen LogP contribution is -2.54. The van der Waals surface area contributed by atoms with E-state index in [-0.39, 0.29) is 52.9 Å². The Morgan fingerprint density at radius 1 is 1.25 bits per heavy atom. The average Bonchev–Trinajstić information content (AvgIpc) is 2.89. The normalized spacial score (nSPS) is 18.0. The number of nitrogens with one attached hydrogen (secondary N) is 1. The van der Waals surface area contributed by atoms with Crippen molar-refractivity contribution in [2.75, 3.05) is 39.6 Å². The van der Waals surface area contributed by atoms with Crippen molar-refractivity contribution in [1.82, 2.24) is 20.2 Å². The molecule has 3 rings (SSSR count). The molecule has 0 aromatic carbocycles.